The Bertz CT molecular complexity index is 1210. The van der Waals surface area contributed by atoms with Crippen molar-refractivity contribution >= 4 is 28.5 Å². The van der Waals surface area contributed by atoms with Crippen LogP contribution in [0.5, 0.6) is 0 Å². The summed E-state index contributed by atoms with van der Waals surface area (Å²) >= 11 is 0. The molecule has 6 nitrogen and oxygen atoms in total. The molecule has 6 heteroatoms. The van der Waals surface area contributed by atoms with Gasteiger partial charge in [0.2, 0.25) is 0 Å². The van der Waals surface area contributed by atoms with Crippen molar-refractivity contribution in [2.75, 3.05) is 12.4 Å². The van der Waals surface area contributed by atoms with Gasteiger partial charge in [-0.15, -0.1) is 0 Å². The average molecular weight is 384 g/mol. The first kappa shape index (κ1) is 18.4. The van der Waals surface area contributed by atoms with E-state index in [9.17, 15) is 9.59 Å². The lowest BCUT2D eigenvalue weighted by molar-refractivity contribution is 0.0964. The van der Waals surface area contributed by atoms with Crippen LogP contribution in [0.4, 0.5) is 5.69 Å². The molecule has 2 N–H and O–H groups in total. The highest BCUT2D eigenvalue weighted by Crippen LogP contribution is 2.23. The van der Waals surface area contributed by atoms with Gasteiger partial charge in [0.1, 0.15) is 5.82 Å². The number of hydrogen-bond donors (Lipinski definition) is 2. The molecule has 4 aromatic rings. The molecule has 0 saturated carbocycles. The maximum atomic E-state index is 12.8. The van der Waals surface area contributed by atoms with Crippen LogP contribution in [0.3, 0.4) is 0 Å². The summed E-state index contributed by atoms with van der Waals surface area (Å²) < 4.78 is 2.05. The van der Waals surface area contributed by atoms with Gasteiger partial charge in [-0.2, -0.15) is 0 Å². The van der Waals surface area contributed by atoms with Gasteiger partial charge in [-0.1, -0.05) is 30.3 Å². The van der Waals surface area contributed by atoms with Crippen LogP contribution in [0.1, 0.15) is 26.5 Å². The summed E-state index contributed by atoms with van der Waals surface area (Å²) in [5.74, 6) is 0.289. The Kier molecular flexibility index (Phi) is 4.83. The molecule has 0 radical (unpaired) electrons. The second-order valence-electron chi connectivity index (χ2n) is 6.61. The Hall–Kier alpha value is -3.93. The minimum atomic E-state index is -0.296. The summed E-state index contributed by atoms with van der Waals surface area (Å²) in [6, 6.07) is 22.3. The van der Waals surface area contributed by atoms with Crippen molar-refractivity contribution in [1.29, 1.82) is 0 Å². The number of imidazole rings is 1. The molecule has 0 aliphatic rings. The number of nitrogens with one attached hydrogen (secondary N) is 2. The van der Waals surface area contributed by atoms with Crippen LogP contribution >= 0.6 is 0 Å². The number of benzene rings is 3. The molecule has 0 bridgehead atoms. The molecule has 0 saturated heterocycles. The third kappa shape index (κ3) is 3.48. The number of aryl methyl sites for hydroxylation is 1. The number of carbonyl (C=O) groups excluding carboxylic acids is 2. The summed E-state index contributed by atoms with van der Waals surface area (Å²) in [4.78, 5) is 29.4. The molecule has 1 aromatic heterocycles. The molecule has 0 fully saturated rings. The third-order valence-corrected chi connectivity index (χ3v) is 4.75. The lowest BCUT2D eigenvalue weighted by Gasteiger charge is -2.10. The van der Waals surface area contributed by atoms with Crippen LogP contribution in [-0.2, 0) is 0 Å². The highest BCUT2D eigenvalue weighted by Gasteiger charge is 2.15. The summed E-state index contributed by atoms with van der Waals surface area (Å²) in [5.41, 5.74) is 4.03. The maximum absolute atomic E-state index is 12.8. The van der Waals surface area contributed by atoms with Gasteiger partial charge in [-0.05, 0) is 49.4 Å². The fraction of sp³-hybridized carbons (Fsp3) is 0.0870. The minimum Gasteiger partial charge on any atom is -0.355 e. The predicted molar refractivity (Wildman–Crippen MR) is 114 cm³/mol. The molecule has 0 unspecified atom stereocenters. The van der Waals surface area contributed by atoms with Gasteiger partial charge >= 0.3 is 0 Å². The molecular formula is C23H20N4O2. The molecule has 4 rings (SSSR count). The van der Waals surface area contributed by atoms with Gasteiger partial charge in [-0.3, -0.25) is 14.2 Å². The predicted octanol–water partition coefficient (Wildman–Crippen LogP) is 3.95. The highest BCUT2D eigenvalue weighted by molar-refractivity contribution is 6.09. The van der Waals surface area contributed by atoms with E-state index in [2.05, 4.69) is 20.2 Å². The molecule has 0 atom stereocenters. The van der Waals surface area contributed by atoms with Crippen molar-refractivity contribution in [2.45, 2.75) is 6.92 Å². The van der Waals surface area contributed by atoms with Crippen molar-refractivity contribution in [1.82, 2.24) is 14.9 Å². The highest BCUT2D eigenvalue weighted by atomic mass is 16.2. The Morgan fingerprint density at radius 2 is 1.62 bits per heavy atom. The molecule has 0 aliphatic heterocycles. The van der Waals surface area contributed by atoms with Crippen LogP contribution in [0.15, 0.2) is 72.8 Å². The van der Waals surface area contributed by atoms with E-state index >= 15 is 0 Å². The smallest absolute Gasteiger partial charge is 0.255 e. The van der Waals surface area contributed by atoms with Crippen LogP contribution < -0.4 is 10.6 Å². The zero-order valence-corrected chi connectivity index (χ0v) is 16.1. The monoisotopic (exact) mass is 384 g/mol. The second-order valence-corrected chi connectivity index (χ2v) is 6.61. The van der Waals surface area contributed by atoms with E-state index in [-0.39, 0.29) is 11.8 Å². The molecule has 2 amide bonds. The van der Waals surface area contributed by atoms with Gasteiger partial charge in [0.25, 0.3) is 11.8 Å². The standard InChI is InChI=1S/C23H20N4O2/c1-15-25-20-14-16(12-13-21(20)27(15)17-8-4-3-5-9-17)22(28)26-19-11-7-6-10-18(19)23(29)24-2/h3-14H,1-2H3,(H,24,29)(H,26,28). The zero-order chi connectivity index (χ0) is 20.4. The first-order valence-electron chi connectivity index (χ1n) is 9.25. The quantitative estimate of drug-likeness (QED) is 0.559. The minimum absolute atomic E-state index is 0.256. The normalized spacial score (nSPS) is 10.7. The summed E-state index contributed by atoms with van der Waals surface area (Å²) in [6.07, 6.45) is 0. The van der Waals surface area contributed by atoms with Gasteiger partial charge in [0, 0.05) is 18.3 Å². The summed E-state index contributed by atoms with van der Waals surface area (Å²) in [6.45, 7) is 1.94. The van der Waals surface area contributed by atoms with Gasteiger partial charge in [0.15, 0.2) is 0 Å². The van der Waals surface area contributed by atoms with Crippen LogP contribution in [0.2, 0.25) is 0 Å². The van der Waals surface area contributed by atoms with Crippen molar-refractivity contribution in [2.24, 2.45) is 0 Å². The largest absolute Gasteiger partial charge is 0.355 e. The van der Waals surface area contributed by atoms with Crippen molar-refractivity contribution < 1.29 is 9.59 Å². The molecular weight excluding hydrogens is 364 g/mol. The second kappa shape index (κ2) is 7.59. The lowest BCUT2D eigenvalue weighted by Crippen LogP contribution is -2.21. The number of rotatable bonds is 4. The molecule has 3 aromatic carbocycles. The Morgan fingerprint density at radius 1 is 0.897 bits per heavy atom. The van der Waals surface area contributed by atoms with E-state index < -0.39 is 0 Å². The van der Waals surface area contributed by atoms with Crippen molar-refractivity contribution in [3.05, 3.63) is 89.7 Å². The molecule has 29 heavy (non-hydrogen) atoms. The third-order valence-electron chi connectivity index (χ3n) is 4.75. The fourth-order valence-electron chi connectivity index (χ4n) is 3.36. The van der Waals surface area contributed by atoms with E-state index in [0.29, 0.717) is 16.8 Å². The van der Waals surface area contributed by atoms with Gasteiger partial charge < -0.3 is 10.6 Å². The van der Waals surface area contributed by atoms with E-state index in [1.807, 2.05) is 43.3 Å². The van der Waals surface area contributed by atoms with Crippen LogP contribution in [0, 0.1) is 6.92 Å². The van der Waals surface area contributed by atoms with E-state index in [4.69, 9.17) is 0 Å². The van der Waals surface area contributed by atoms with Crippen LogP contribution in [-0.4, -0.2) is 28.4 Å². The van der Waals surface area contributed by atoms with E-state index in [1.165, 1.54) is 0 Å². The first-order valence-corrected chi connectivity index (χ1v) is 9.25. The number of hydrogen-bond acceptors (Lipinski definition) is 3. The Morgan fingerprint density at radius 3 is 2.38 bits per heavy atom. The van der Waals surface area contributed by atoms with Gasteiger partial charge in [0.05, 0.1) is 22.3 Å². The zero-order valence-electron chi connectivity index (χ0n) is 16.1. The SMILES string of the molecule is CNC(=O)c1ccccc1NC(=O)c1ccc2c(c1)nc(C)n2-c1ccccc1. The number of carbonyl (C=O) groups is 2. The molecule has 0 aliphatic carbocycles. The van der Waals surface area contributed by atoms with E-state index in [0.717, 1.165) is 22.5 Å². The first-order chi connectivity index (χ1) is 14.1. The topological polar surface area (TPSA) is 76.0 Å². The van der Waals surface area contributed by atoms with Crippen molar-refractivity contribution in [3.63, 3.8) is 0 Å². The number of aromatic nitrogens is 2. The lowest BCUT2D eigenvalue weighted by atomic mass is 10.1. The number of anilines is 1. The number of fused-ring (bicyclic) bond motifs is 1. The number of nitrogens with zero attached hydrogens (tertiary/aromatic N) is 2. The Labute approximate surface area is 168 Å². The van der Waals surface area contributed by atoms with Crippen LogP contribution in [0.25, 0.3) is 16.7 Å². The molecule has 144 valence electrons. The summed E-state index contributed by atoms with van der Waals surface area (Å²) in [5, 5.41) is 5.41. The van der Waals surface area contributed by atoms with E-state index in [1.54, 1.807) is 43.4 Å². The molecule has 1 heterocycles. The van der Waals surface area contributed by atoms with Gasteiger partial charge in [-0.25, -0.2) is 4.98 Å². The van der Waals surface area contributed by atoms with Crippen molar-refractivity contribution in [3.8, 4) is 5.69 Å². The average Bonchev–Trinajstić information content (AvgIpc) is 3.09. The molecule has 0 spiro atoms. The fourth-order valence-corrected chi connectivity index (χ4v) is 3.36. The Balaban J connectivity index is 1.68. The maximum Gasteiger partial charge on any atom is 0.255 e. The number of amides is 2. The summed E-state index contributed by atoms with van der Waals surface area (Å²) in [7, 11) is 1.56. The number of para-hydroxylation sites is 2.